The zero-order valence-electron chi connectivity index (χ0n) is 19.2. The van der Waals surface area contributed by atoms with Crippen LogP contribution in [0.4, 0.5) is 26.7 Å². The lowest BCUT2D eigenvalue weighted by Crippen LogP contribution is -2.42. The molecule has 1 aliphatic rings. The third-order valence-electron chi connectivity index (χ3n) is 5.80. The van der Waals surface area contributed by atoms with Crippen molar-refractivity contribution in [3.05, 3.63) is 84.0 Å². The van der Waals surface area contributed by atoms with Crippen LogP contribution in [0.3, 0.4) is 0 Å². The van der Waals surface area contributed by atoms with Gasteiger partial charge in [0.05, 0.1) is 6.04 Å². The summed E-state index contributed by atoms with van der Waals surface area (Å²) in [5.74, 6) is -0.792. The second-order valence-electron chi connectivity index (χ2n) is 8.32. The Morgan fingerprint density at radius 3 is 2.56 bits per heavy atom. The van der Waals surface area contributed by atoms with Crippen molar-refractivity contribution >= 4 is 6.03 Å². The first-order valence-electron chi connectivity index (χ1n) is 11.4. The molecule has 2 rings (SSSR count). The van der Waals surface area contributed by atoms with Gasteiger partial charge in [-0.3, -0.25) is 0 Å². The number of alkyl halides is 3. The average molecular weight is 483 g/mol. The molecule has 2 N–H and O–H groups in total. The van der Waals surface area contributed by atoms with Crippen LogP contribution in [0.1, 0.15) is 50.5 Å². The van der Waals surface area contributed by atoms with E-state index < -0.39 is 29.6 Å². The van der Waals surface area contributed by atoms with E-state index in [4.69, 9.17) is 0 Å². The lowest BCUT2D eigenvalue weighted by molar-refractivity contribution is -0.0945. The molecular weight excluding hydrogens is 451 g/mol. The lowest BCUT2D eigenvalue weighted by Gasteiger charge is -2.25. The Labute approximate surface area is 197 Å². The van der Waals surface area contributed by atoms with E-state index in [2.05, 4.69) is 17.2 Å². The molecule has 0 heterocycles. The van der Waals surface area contributed by atoms with Crippen LogP contribution in [-0.2, 0) is 0 Å². The van der Waals surface area contributed by atoms with Crippen LogP contribution in [0, 0.1) is 11.7 Å². The molecular formula is C26H31F5N2O. The molecule has 1 aliphatic carbocycles. The number of rotatable bonds is 11. The normalized spacial score (nSPS) is 17.8. The molecule has 0 aliphatic heterocycles. The first-order chi connectivity index (χ1) is 16.1. The van der Waals surface area contributed by atoms with Crippen LogP contribution < -0.4 is 10.6 Å². The van der Waals surface area contributed by atoms with Crippen molar-refractivity contribution in [3.8, 4) is 0 Å². The minimum atomic E-state index is -4.41. The fourth-order valence-corrected chi connectivity index (χ4v) is 4.02. The molecule has 0 spiro atoms. The van der Waals surface area contributed by atoms with Gasteiger partial charge >= 0.3 is 12.2 Å². The van der Waals surface area contributed by atoms with Gasteiger partial charge < -0.3 is 10.6 Å². The van der Waals surface area contributed by atoms with E-state index in [1.165, 1.54) is 30.4 Å². The van der Waals surface area contributed by atoms with Crippen molar-refractivity contribution in [1.29, 1.82) is 0 Å². The van der Waals surface area contributed by atoms with Crippen molar-refractivity contribution in [3.63, 3.8) is 0 Å². The minimum Gasteiger partial charge on any atom is -0.338 e. The van der Waals surface area contributed by atoms with Crippen molar-refractivity contribution in [2.45, 2.75) is 57.2 Å². The molecule has 34 heavy (non-hydrogen) atoms. The van der Waals surface area contributed by atoms with E-state index >= 15 is 0 Å². The number of carbonyl (C=O) groups is 1. The summed E-state index contributed by atoms with van der Waals surface area (Å²) in [6.45, 7) is 5.61. The molecule has 0 bridgehead atoms. The highest BCUT2D eigenvalue weighted by atomic mass is 19.4. The van der Waals surface area contributed by atoms with Gasteiger partial charge in [0.25, 0.3) is 0 Å². The van der Waals surface area contributed by atoms with Gasteiger partial charge in [-0.1, -0.05) is 56.4 Å². The maximum absolute atomic E-state index is 13.4. The summed E-state index contributed by atoms with van der Waals surface area (Å²) < 4.78 is 65.1. The second-order valence-corrected chi connectivity index (χ2v) is 8.32. The monoisotopic (exact) mass is 482 g/mol. The molecule has 1 aromatic carbocycles. The number of nitrogens with one attached hydrogen (secondary N) is 2. The van der Waals surface area contributed by atoms with Gasteiger partial charge in [-0.25, -0.2) is 13.6 Å². The van der Waals surface area contributed by atoms with Crippen molar-refractivity contribution in [2.75, 3.05) is 6.54 Å². The number of hydrogen-bond acceptors (Lipinski definition) is 1. The number of amides is 2. The Bertz CT molecular complexity index is 903. The molecule has 0 radical (unpaired) electrons. The highest BCUT2D eigenvalue weighted by Crippen LogP contribution is 2.34. The summed E-state index contributed by atoms with van der Waals surface area (Å²) in [5, 5.41) is 5.22. The molecule has 8 heteroatoms. The number of carbonyl (C=O) groups excluding carboxylic acids is 1. The zero-order chi connectivity index (χ0) is 25.1. The van der Waals surface area contributed by atoms with Crippen molar-refractivity contribution < 1.29 is 26.7 Å². The first kappa shape index (κ1) is 27.3. The van der Waals surface area contributed by atoms with Crippen LogP contribution in [0.25, 0.3) is 0 Å². The third kappa shape index (κ3) is 9.15. The standard InChI is InChI=1S/C26H31F5N2O/c1-3-19(11-10-18(2)27)24(20-12-14-22(28)15-13-20)9-4-5-16-32-25(34)33-23-8-6-7-21(17-23)26(29,30)31/h6-8,10-15,19,23-24H,2-5,9,16-17H2,1H3,(H2,32,33,34)/b11-10-. The molecule has 1 aromatic rings. The predicted octanol–water partition coefficient (Wildman–Crippen LogP) is 7.26. The molecule has 0 saturated heterocycles. The third-order valence-corrected chi connectivity index (χ3v) is 5.80. The van der Waals surface area contributed by atoms with Crippen molar-refractivity contribution in [2.24, 2.45) is 5.92 Å². The van der Waals surface area contributed by atoms with Gasteiger partial charge in [0.2, 0.25) is 0 Å². The fourth-order valence-electron chi connectivity index (χ4n) is 4.02. The number of allylic oxidation sites excluding steroid dienone is 5. The Morgan fingerprint density at radius 1 is 1.24 bits per heavy atom. The topological polar surface area (TPSA) is 41.1 Å². The van der Waals surface area contributed by atoms with E-state index in [0.29, 0.717) is 13.0 Å². The van der Waals surface area contributed by atoms with Crippen LogP contribution in [0.15, 0.2) is 72.6 Å². The zero-order valence-corrected chi connectivity index (χ0v) is 19.2. The molecule has 3 nitrogen and oxygen atoms in total. The van der Waals surface area contributed by atoms with Crippen LogP contribution in [-0.4, -0.2) is 24.8 Å². The van der Waals surface area contributed by atoms with E-state index in [1.807, 2.05) is 6.92 Å². The number of unbranched alkanes of at least 4 members (excludes halogenated alkanes) is 1. The summed E-state index contributed by atoms with van der Waals surface area (Å²) >= 11 is 0. The Kier molecular flexibility index (Phi) is 10.5. The van der Waals surface area contributed by atoms with Crippen LogP contribution in [0.5, 0.6) is 0 Å². The number of halogens is 5. The van der Waals surface area contributed by atoms with Gasteiger partial charge in [0, 0.05) is 18.5 Å². The summed E-state index contributed by atoms with van der Waals surface area (Å²) in [4.78, 5) is 12.1. The number of urea groups is 1. The van der Waals surface area contributed by atoms with Gasteiger partial charge in [0.15, 0.2) is 0 Å². The van der Waals surface area contributed by atoms with E-state index in [1.54, 1.807) is 18.2 Å². The predicted molar refractivity (Wildman–Crippen MR) is 124 cm³/mol. The largest absolute Gasteiger partial charge is 0.412 e. The lowest BCUT2D eigenvalue weighted by atomic mass is 9.80. The van der Waals surface area contributed by atoms with E-state index in [9.17, 15) is 26.7 Å². The maximum atomic E-state index is 13.4. The molecule has 186 valence electrons. The minimum absolute atomic E-state index is 0.0307. The summed E-state index contributed by atoms with van der Waals surface area (Å²) in [7, 11) is 0. The molecule has 0 saturated carbocycles. The van der Waals surface area contributed by atoms with Gasteiger partial charge in [-0.15, -0.1) is 0 Å². The quantitative estimate of drug-likeness (QED) is 0.195. The Morgan fingerprint density at radius 2 is 1.94 bits per heavy atom. The second kappa shape index (κ2) is 13.1. The first-order valence-corrected chi connectivity index (χ1v) is 11.4. The molecule has 2 amide bonds. The maximum Gasteiger partial charge on any atom is 0.412 e. The van der Waals surface area contributed by atoms with Crippen LogP contribution in [0.2, 0.25) is 0 Å². The molecule has 3 unspecified atom stereocenters. The summed E-state index contributed by atoms with van der Waals surface area (Å²) in [5.41, 5.74) is 0.272. The van der Waals surface area contributed by atoms with Crippen LogP contribution >= 0.6 is 0 Å². The molecule has 0 aromatic heterocycles. The van der Waals surface area contributed by atoms with E-state index in [0.717, 1.165) is 30.9 Å². The van der Waals surface area contributed by atoms with Crippen molar-refractivity contribution in [1.82, 2.24) is 10.6 Å². The highest BCUT2D eigenvalue weighted by Gasteiger charge is 2.35. The SMILES string of the molecule is C=C(F)/C=C\C(CC)C(CCCCNC(=O)NC1C=CC=C(C(F)(F)F)C1)c1ccc(F)cc1. The smallest absolute Gasteiger partial charge is 0.338 e. The Balaban J connectivity index is 1.84. The fraction of sp³-hybridized carbons (Fsp3) is 0.423. The Hall–Kier alpha value is -2.90. The summed E-state index contributed by atoms with van der Waals surface area (Å²) in [6, 6.07) is 5.02. The highest BCUT2D eigenvalue weighted by molar-refractivity contribution is 5.74. The van der Waals surface area contributed by atoms with Gasteiger partial charge in [0.1, 0.15) is 11.6 Å². The summed E-state index contributed by atoms with van der Waals surface area (Å²) in [6.07, 6.45) is 5.13. The molecule has 0 fully saturated rings. The van der Waals surface area contributed by atoms with Gasteiger partial charge in [-0.05, 0) is 54.9 Å². The van der Waals surface area contributed by atoms with E-state index in [-0.39, 0.29) is 24.1 Å². The van der Waals surface area contributed by atoms with Gasteiger partial charge in [-0.2, -0.15) is 13.2 Å². The number of hydrogen-bond donors (Lipinski definition) is 2. The molecule has 3 atom stereocenters. The average Bonchev–Trinajstić information content (AvgIpc) is 2.78. The number of benzene rings is 1.